The third-order valence-electron chi connectivity index (χ3n) is 4.76. The maximum Gasteiger partial charge on any atom is 0.317 e. The highest BCUT2D eigenvalue weighted by molar-refractivity contribution is 5.74. The number of carbonyl (C=O) groups excluding carboxylic acids is 1. The van der Waals surface area contributed by atoms with E-state index in [0.29, 0.717) is 18.6 Å². The van der Waals surface area contributed by atoms with Gasteiger partial charge in [-0.15, -0.1) is 0 Å². The number of amides is 2. The third-order valence-corrected chi connectivity index (χ3v) is 4.76. The Labute approximate surface area is 128 Å². The monoisotopic (exact) mass is 298 g/mol. The SMILES string of the molecule is CC(O)C1CCN(C(=O)NCCCOC2CCCC2)CC1. The summed E-state index contributed by atoms with van der Waals surface area (Å²) in [5.74, 6) is 0.342. The van der Waals surface area contributed by atoms with Gasteiger partial charge in [-0.2, -0.15) is 0 Å². The summed E-state index contributed by atoms with van der Waals surface area (Å²) in [5, 5.41) is 12.5. The number of nitrogens with one attached hydrogen (secondary N) is 1. The van der Waals surface area contributed by atoms with Crippen molar-refractivity contribution in [3.8, 4) is 0 Å². The van der Waals surface area contributed by atoms with E-state index >= 15 is 0 Å². The highest BCUT2D eigenvalue weighted by atomic mass is 16.5. The Balaban J connectivity index is 1.51. The number of hydrogen-bond donors (Lipinski definition) is 2. The van der Waals surface area contributed by atoms with E-state index in [0.717, 1.165) is 39.0 Å². The van der Waals surface area contributed by atoms with Crippen LogP contribution in [0.15, 0.2) is 0 Å². The first kappa shape index (κ1) is 16.6. The van der Waals surface area contributed by atoms with Crippen LogP contribution in [-0.2, 0) is 4.74 Å². The summed E-state index contributed by atoms with van der Waals surface area (Å²) in [5.41, 5.74) is 0. The molecule has 0 aromatic heterocycles. The summed E-state index contributed by atoms with van der Waals surface area (Å²) < 4.78 is 5.78. The summed E-state index contributed by atoms with van der Waals surface area (Å²) in [7, 11) is 0. The minimum absolute atomic E-state index is 0.0277. The molecule has 5 heteroatoms. The summed E-state index contributed by atoms with van der Waals surface area (Å²) in [6, 6.07) is 0.0277. The number of carbonyl (C=O) groups is 1. The molecule has 2 N–H and O–H groups in total. The lowest BCUT2D eigenvalue weighted by Gasteiger charge is -2.33. The molecule has 0 bridgehead atoms. The third kappa shape index (κ3) is 5.47. The molecule has 122 valence electrons. The summed E-state index contributed by atoms with van der Waals surface area (Å²) in [6.45, 7) is 4.77. The first-order chi connectivity index (χ1) is 10.2. The van der Waals surface area contributed by atoms with E-state index in [-0.39, 0.29) is 12.1 Å². The quantitative estimate of drug-likeness (QED) is 0.739. The largest absolute Gasteiger partial charge is 0.393 e. The summed E-state index contributed by atoms with van der Waals surface area (Å²) in [6.07, 6.45) is 7.86. The van der Waals surface area contributed by atoms with Crippen LogP contribution in [0, 0.1) is 5.92 Å². The molecule has 0 aromatic carbocycles. The summed E-state index contributed by atoms with van der Waals surface area (Å²) in [4.78, 5) is 13.9. The first-order valence-corrected chi connectivity index (χ1v) is 8.49. The number of aliphatic hydroxyl groups is 1. The molecule has 1 atom stereocenters. The van der Waals surface area contributed by atoms with Gasteiger partial charge in [0.15, 0.2) is 0 Å². The Morgan fingerprint density at radius 1 is 1.29 bits per heavy atom. The minimum atomic E-state index is -0.261. The van der Waals surface area contributed by atoms with Crippen molar-refractivity contribution in [2.24, 2.45) is 5.92 Å². The predicted octanol–water partition coefficient (Wildman–Crippen LogP) is 2.14. The zero-order valence-electron chi connectivity index (χ0n) is 13.2. The number of ether oxygens (including phenoxy) is 1. The van der Waals surface area contributed by atoms with E-state index < -0.39 is 0 Å². The van der Waals surface area contributed by atoms with Gasteiger partial charge in [0.05, 0.1) is 12.2 Å². The lowest BCUT2D eigenvalue weighted by atomic mass is 9.92. The molecule has 1 aliphatic heterocycles. The molecule has 2 amide bonds. The van der Waals surface area contributed by atoms with Crippen LogP contribution in [0.2, 0.25) is 0 Å². The molecule has 0 radical (unpaired) electrons. The van der Waals surface area contributed by atoms with Crippen LogP contribution in [0.3, 0.4) is 0 Å². The van der Waals surface area contributed by atoms with Gasteiger partial charge in [-0.1, -0.05) is 12.8 Å². The summed E-state index contributed by atoms with van der Waals surface area (Å²) >= 11 is 0. The molecule has 1 saturated heterocycles. The van der Waals surface area contributed by atoms with Gasteiger partial charge in [-0.05, 0) is 44.9 Å². The van der Waals surface area contributed by atoms with Gasteiger partial charge in [0, 0.05) is 26.2 Å². The average Bonchev–Trinajstić information content (AvgIpc) is 3.00. The Morgan fingerprint density at radius 2 is 1.95 bits per heavy atom. The molecule has 1 aliphatic carbocycles. The van der Waals surface area contributed by atoms with E-state index in [9.17, 15) is 9.90 Å². The number of likely N-dealkylation sites (tertiary alicyclic amines) is 1. The van der Waals surface area contributed by atoms with Gasteiger partial charge in [0.2, 0.25) is 0 Å². The van der Waals surface area contributed by atoms with Crippen molar-refractivity contribution >= 4 is 6.03 Å². The van der Waals surface area contributed by atoms with E-state index in [4.69, 9.17) is 4.74 Å². The number of nitrogens with zero attached hydrogens (tertiary/aromatic N) is 1. The lowest BCUT2D eigenvalue weighted by molar-refractivity contribution is 0.0565. The van der Waals surface area contributed by atoms with Gasteiger partial charge in [0.1, 0.15) is 0 Å². The van der Waals surface area contributed by atoms with Crippen molar-refractivity contribution in [3.05, 3.63) is 0 Å². The molecule has 0 spiro atoms. The molecule has 1 unspecified atom stereocenters. The normalized spacial score (nSPS) is 22.5. The maximum absolute atomic E-state index is 12.0. The number of hydrogen-bond acceptors (Lipinski definition) is 3. The highest BCUT2D eigenvalue weighted by Crippen LogP contribution is 2.21. The smallest absolute Gasteiger partial charge is 0.317 e. The van der Waals surface area contributed by atoms with Gasteiger partial charge in [-0.25, -0.2) is 4.79 Å². The molecule has 21 heavy (non-hydrogen) atoms. The molecular formula is C16H30N2O3. The van der Waals surface area contributed by atoms with Crippen LogP contribution in [0.25, 0.3) is 0 Å². The number of aliphatic hydroxyl groups excluding tert-OH is 1. The van der Waals surface area contributed by atoms with Crippen molar-refractivity contribution in [3.63, 3.8) is 0 Å². The zero-order chi connectivity index (χ0) is 15.1. The van der Waals surface area contributed by atoms with Crippen molar-refractivity contribution < 1.29 is 14.6 Å². The number of piperidine rings is 1. The Morgan fingerprint density at radius 3 is 2.57 bits per heavy atom. The number of urea groups is 1. The highest BCUT2D eigenvalue weighted by Gasteiger charge is 2.25. The van der Waals surface area contributed by atoms with Gasteiger partial charge >= 0.3 is 6.03 Å². The fourth-order valence-electron chi connectivity index (χ4n) is 3.27. The molecule has 2 rings (SSSR count). The van der Waals surface area contributed by atoms with Crippen molar-refractivity contribution in [1.29, 1.82) is 0 Å². The van der Waals surface area contributed by atoms with Crippen LogP contribution >= 0.6 is 0 Å². The van der Waals surface area contributed by atoms with Crippen LogP contribution in [0.5, 0.6) is 0 Å². The second-order valence-corrected chi connectivity index (χ2v) is 6.43. The topological polar surface area (TPSA) is 61.8 Å². The maximum atomic E-state index is 12.0. The fraction of sp³-hybridized carbons (Fsp3) is 0.938. The van der Waals surface area contributed by atoms with Crippen LogP contribution in [0.1, 0.15) is 51.9 Å². The Bertz CT molecular complexity index is 309. The molecule has 2 aliphatic rings. The Hall–Kier alpha value is -0.810. The zero-order valence-corrected chi connectivity index (χ0v) is 13.2. The average molecular weight is 298 g/mol. The molecule has 2 fully saturated rings. The van der Waals surface area contributed by atoms with Crippen LogP contribution in [-0.4, -0.2) is 54.5 Å². The number of rotatable bonds is 6. The first-order valence-electron chi connectivity index (χ1n) is 8.49. The molecular weight excluding hydrogens is 268 g/mol. The fourth-order valence-corrected chi connectivity index (χ4v) is 3.27. The molecule has 1 heterocycles. The van der Waals surface area contributed by atoms with Crippen molar-refractivity contribution in [1.82, 2.24) is 10.2 Å². The second kappa shape index (κ2) is 8.59. The van der Waals surface area contributed by atoms with E-state index in [1.54, 1.807) is 0 Å². The molecule has 5 nitrogen and oxygen atoms in total. The minimum Gasteiger partial charge on any atom is -0.393 e. The van der Waals surface area contributed by atoms with Crippen LogP contribution < -0.4 is 5.32 Å². The molecule has 0 aromatic rings. The lowest BCUT2D eigenvalue weighted by Crippen LogP contribution is -2.46. The van der Waals surface area contributed by atoms with Crippen molar-refractivity contribution in [2.45, 2.75) is 64.1 Å². The Kier molecular flexibility index (Phi) is 6.77. The predicted molar refractivity (Wildman–Crippen MR) is 82.2 cm³/mol. The van der Waals surface area contributed by atoms with Gasteiger partial charge in [-0.3, -0.25) is 0 Å². The van der Waals surface area contributed by atoms with E-state index in [1.165, 1.54) is 25.7 Å². The van der Waals surface area contributed by atoms with E-state index in [2.05, 4.69) is 5.32 Å². The standard InChI is InChI=1S/C16H30N2O3/c1-13(19)14-7-10-18(11-8-14)16(20)17-9-4-12-21-15-5-2-3-6-15/h13-15,19H,2-12H2,1H3,(H,17,20). The van der Waals surface area contributed by atoms with E-state index in [1.807, 2.05) is 11.8 Å². The van der Waals surface area contributed by atoms with Crippen LogP contribution in [0.4, 0.5) is 4.79 Å². The second-order valence-electron chi connectivity index (χ2n) is 6.43. The van der Waals surface area contributed by atoms with Gasteiger partial charge in [0.25, 0.3) is 0 Å². The molecule has 1 saturated carbocycles. The van der Waals surface area contributed by atoms with Crippen molar-refractivity contribution in [2.75, 3.05) is 26.2 Å². The van der Waals surface area contributed by atoms with Gasteiger partial charge < -0.3 is 20.1 Å².